The monoisotopic (exact) mass is 282 g/mol. The smallest absolute Gasteiger partial charge is 0.180 e. The second-order valence-electron chi connectivity index (χ2n) is 5.34. The first kappa shape index (κ1) is 14.3. The molecule has 0 bridgehead atoms. The molecule has 1 fully saturated rings. The number of para-hydroxylation sites is 1. The van der Waals surface area contributed by atoms with Crippen LogP contribution in [0.15, 0.2) is 29.2 Å². The van der Waals surface area contributed by atoms with Gasteiger partial charge in [0, 0.05) is 5.54 Å². The van der Waals surface area contributed by atoms with E-state index in [1.54, 1.807) is 19.1 Å². The quantitative estimate of drug-likeness (QED) is 0.887. The molecule has 1 aliphatic rings. The lowest BCUT2D eigenvalue weighted by atomic mass is 9.90. The van der Waals surface area contributed by atoms with Crippen LogP contribution in [-0.4, -0.2) is 32.8 Å². The fraction of sp³-hybridized carbons (Fsp3) is 0.571. The molecule has 0 atom stereocenters. The Morgan fingerprint density at radius 3 is 2.53 bits per heavy atom. The van der Waals surface area contributed by atoms with E-state index in [0.717, 1.165) is 31.6 Å². The van der Waals surface area contributed by atoms with Crippen LogP contribution < -0.4 is 10.6 Å². The lowest BCUT2D eigenvalue weighted by Gasteiger charge is -2.36. The minimum atomic E-state index is -3.18. The summed E-state index contributed by atoms with van der Waals surface area (Å²) in [5.41, 5.74) is 0.693. The molecule has 1 aliphatic heterocycles. The molecule has 2 N–H and O–H groups in total. The molecular weight excluding hydrogens is 260 g/mol. The van der Waals surface area contributed by atoms with E-state index in [-0.39, 0.29) is 11.3 Å². The SMILES string of the molecule is CCS(=O)(=O)c1ccccc1NC1(C)CCNCC1. The molecule has 2 rings (SSSR count). The average molecular weight is 282 g/mol. The van der Waals surface area contributed by atoms with Crippen molar-refractivity contribution in [3.8, 4) is 0 Å². The van der Waals surface area contributed by atoms with E-state index < -0.39 is 9.84 Å². The summed E-state index contributed by atoms with van der Waals surface area (Å²) in [5.74, 6) is 0.129. The van der Waals surface area contributed by atoms with Gasteiger partial charge in [-0.2, -0.15) is 0 Å². The van der Waals surface area contributed by atoms with E-state index >= 15 is 0 Å². The van der Waals surface area contributed by atoms with Gasteiger partial charge in [-0.05, 0) is 45.0 Å². The number of piperidine rings is 1. The first-order chi connectivity index (χ1) is 8.97. The van der Waals surface area contributed by atoms with Crippen LogP contribution in [0.1, 0.15) is 26.7 Å². The highest BCUT2D eigenvalue weighted by atomic mass is 32.2. The maximum Gasteiger partial charge on any atom is 0.180 e. The number of hydrogen-bond donors (Lipinski definition) is 2. The van der Waals surface area contributed by atoms with Gasteiger partial charge in [-0.1, -0.05) is 19.1 Å². The van der Waals surface area contributed by atoms with E-state index in [1.165, 1.54) is 0 Å². The summed E-state index contributed by atoms with van der Waals surface area (Å²) in [7, 11) is -3.18. The second-order valence-corrected chi connectivity index (χ2v) is 7.58. The highest BCUT2D eigenvalue weighted by molar-refractivity contribution is 7.91. The largest absolute Gasteiger partial charge is 0.379 e. The number of hydrogen-bond acceptors (Lipinski definition) is 4. The molecule has 0 unspecified atom stereocenters. The summed E-state index contributed by atoms with van der Waals surface area (Å²) in [6, 6.07) is 7.20. The maximum atomic E-state index is 12.1. The minimum Gasteiger partial charge on any atom is -0.379 e. The van der Waals surface area contributed by atoms with Crippen molar-refractivity contribution < 1.29 is 8.42 Å². The van der Waals surface area contributed by atoms with Crippen molar-refractivity contribution in [2.45, 2.75) is 37.1 Å². The molecule has 0 saturated carbocycles. The highest BCUT2D eigenvalue weighted by Gasteiger charge is 2.28. The number of nitrogens with one attached hydrogen (secondary N) is 2. The Kier molecular flexibility index (Phi) is 4.16. The van der Waals surface area contributed by atoms with Crippen LogP contribution in [0.2, 0.25) is 0 Å². The van der Waals surface area contributed by atoms with Gasteiger partial charge in [-0.25, -0.2) is 8.42 Å². The van der Waals surface area contributed by atoms with E-state index in [0.29, 0.717) is 4.90 Å². The second kappa shape index (κ2) is 5.51. The molecule has 5 heteroatoms. The van der Waals surface area contributed by atoms with Crippen LogP contribution in [0.5, 0.6) is 0 Å². The average Bonchev–Trinajstić information content (AvgIpc) is 2.39. The fourth-order valence-corrected chi connectivity index (χ4v) is 3.48. The lowest BCUT2D eigenvalue weighted by Crippen LogP contribution is -2.45. The van der Waals surface area contributed by atoms with Crippen LogP contribution >= 0.6 is 0 Å². The minimum absolute atomic E-state index is 0.0371. The third-order valence-corrected chi connectivity index (χ3v) is 5.53. The molecule has 0 radical (unpaired) electrons. The predicted octanol–water partition coefficient (Wildman–Crippen LogP) is 2.03. The first-order valence-electron chi connectivity index (χ1n) is 6.77. The molecule has 1 heterocycles. The standard InChI is InChI=1S/C14H22N2O2S/c1-3-19(17,18)13-7-5-4-6-12(13)16-14(2)8-10-15-11-9-14/h4-7,15-16H,3,8-11H2,1-2H3. The number of rotatable bonds is 4. The number of benzene rings is 1. The van der Waals surface area contributed by atoms with E-state index in [1.807, 2.05) is 12.1 Å². The molecule has 0 amide bonds. The summed E-state index contributed by atoms with van der Waals surface area (Å²) < 4.78 is 24.2. The zero-order valence-electron chi connectivity index (χ0n) is 11.6. The summed E-state index contributed by atoms with van der Waals surface area (Å²) in [4.78, 5) is 0.414. The molecule has 0 aromatic heterocycles. The lowest BCUT2D eigenvalue weighted by molar-refractivity contribution is 0.364. The zero-order chi connectivity index (χ0) is 13.9. The van der Waals surface area contributed by atoms with Crippen LogP contribution in [0.25, 0.3) is 0 Å². The summed E-state index contributed by atoms with van der Waals surface area (Å²) >= 11 is 0. The maximum absolute atomic E-state index is 12.1. The Labute approximate surface area is 115 Å². The van der Waals surface area contributed by atoms with Crippen molar-refractivity contribution in [3.63, 3.8) is 0 Å². The molecule has 0 spiro atoms. The zero-order valence-corrected chi connectivity index (χ0v) is 12.4. The van der Waals surface area contributed by atoms with Crippen LogP contribution in [0.3, 0.4) is 0 Å². The number of anilines is 1. The topological polar surface area (TPSA) is 58.2 Å². The molecule has 106 valence electrons. The molecule has 1 aromatic rings. The van der Waals surface area contributed by atoms with E-state index in [9.17, 15) is 8.42 Å². The Morgan fingerprint density at radius 1 is 1.26 bits per heavy atom. The van der Waals surface area contributed by atoms with Gasteiger partial charge >= 0.3 is 0 Å². The fourth-order valence-electron chi connectivity index (χ4n) is 2.43. The summed E-state index contributed by atoms with van der Waals surface area (Å²) in [6.45, 7) is 5.76. The molecule has 4 nitrogen and oxygen atoms in total. The molecule has 0 aliphatic carbocycles. The van der Waals surface area contributed by atoms with Gasteiger partial charge in [0.05, 0.1) is 16.3 Å². The van der Waals surface area contributed by atoms with Gasteiger partial charge in [0.15, 0.2) is 9.84 Å². The molecule has 19 heavy (non-hydrogen) atoms. The Balaban J connectivity index is 2.30. The van der Waals surface area contributed by atoms with Crippen molar-refractivity contribution in [1.82, 2.24) is 5.32 Å². The van der Waals surface area contributed by atoms with E-state index in [4.69, 9.17) is 0 Å². The molecule has 1 aromatic carbocycles. The Morgan fingerprint density at radius 2 is 1.89 bits per heavy atom. The highest BCUT2D eigenvalue weighted by Crippen LogP contribution is 2.28. The third-order valence-electron chi connectivity index (χ3n) is 3.75. The molecular formula is C14H22N2O2S. The van der Waals surface area contributed by atoms with Crippen molar-refractivity contribution in [2.75, 3.05) is 24.2 Å². The Bertz CT molecular complexity index is 534. The Hall–Kier alpha value is -1.07. The third kappa shape index (κ3) is 3.28. The molecule has 1 saturated heterocycles. The summed E-state index contributed by atoms with van der Waals surface area (Å²) in [5, 5.41) is 6.77. The van der Waals surface area contributed by atoms with Gasteiger partial charge in [0.1, 0.15) is 0 Å². The van der Waals surface area contributed by atoms with Gasteiger partial charge in [-0.15, -0.1) is 0 Å². The van der Waals surface area contributed by atoms with Gasteiger partial charge in [-0.3, -0.25) is 0 Å². The van der Waals surface area contributed by atoms with Gasteiger partial charge < -0.3 is 10.6 Å². The van der Waals surface area contributed by atoms with Crippen LogP contribution in [-0.2, 0) is 9.84 Å². The van der Waals surface area contributed by atoms with Crippen molar-refractivity contribution in [1.29, 1.82) is 0 Å². The van der Waals surface area contributed by atoms with Gasteiger partial charge in [0.2, 0.25) is 0 Å². The first-order valence-corrected chi connectivity index (χ1v) is 8.43. The normalized spacial score (nSPS) is 19.1. The van der Waals surface area contributed by atoms with Gasteiger partial charge in [0.25, 0.3) is 0 Å². The van der Waals surface area contributed by atoms with Crippen molar-refractivity contribution in [2.24, 2.45) is 0 Å². The van der Waals surface area contributed by atoms with Crippen LogP contribution in [0, 0.1) is 0 Å². The van der Waals surface area contributed by atoms with E-state index in [2.05, 4.69) is 17.6 Å². The predicted molar refractivity (Wildman–Crippen MR) is 78.3 cm³/mol. The van der Waals surface area contributed by atoms with Crippen LogP contribution in [0.4, 0.5) is 5.69 Å². The van der Waals surface area contributed by atoms with Crippen molar-refractivity contribution in [3.05, 3.63) is 24.3 Å². The summed E-state index contributed by atoms with van der Waals surface area (Å²) in [6.07, 6.45) is 1.99. The number of sulfone groups is 1. The van der Waals surface area contributed by atoms with Crippen molar-refractivity contribution >= 4 is 15.5 Å².